The topological polar surface area (TPSA) is 55.6 Å². The average molecular weight is 240 g/mol. The number of benzene rings is 1. The van der Waals surface area contributed by atoms with Crippen LogP contribution in [0.15, 0.2) is 18.2 Å². The number of nitrogen functional groups attached to an aromatic ring is 1. The van der Waals surface area contributed by atoms with Crippen LogP contribution in [-0.2, 0) is 4.74 Å². The number of carbonyl (C=O) groups is 1. The quantitative estimate of drug-likeness (QED) is 0.481. The van der Waals surface area contributed by atoms with Crippen molar-refractivity contribution in [1.82, 2.24) is 4.90 Å². The van der Waals surface area contributed by atoms with Gasteiger partial charge in [-0.3, -0.25) is 0 Å². The summed E-state index contributed by atoms with van der Waals surface area (Å²) in [6.45, 7) is 1.17. The molecule has 1 aromatic rings. The Balaban J connectivity index is 2.47. The monoisotopic (exact) mass is 240 g/mol. The van der Waals surface area contributed by atoms with E-state index in [0.29, 0.717) is 6.61 Å². The summed E-state index contributed by atoms with van der Waals surface area (Å²) in [7, 11) is 3.89. The van der Waals surface area contributed by atoms with Crippen molar-refractivity contribution in [2.24, 2.45) is 0 Å². The van der Waals surface area contributed by atoms with Gasteiger partial charge in [0, 0.05) is 12.2 Å². The first kappa shape index (κ1) is 13.4. The molecule has 5 heteroatoms. The van der Waals surface area contributed by atoms with E-state index in [1.165, 1.54) is 12.1 Å². The Bertz CT molecular complexity index is 394. The normalized spacial score (nSPS) is 10.6. The molecule has 1 aromatic carbocycles. The van der Waals surface area contributed by atoms with Crippen LogP contribution in [0.25, 0.3) is 0 Å². The van der Waals surface area contributed by atoms with Gasteiger partial charge < -0.3 is 15.4 Å². The molecule has 0 aliphatic rings. The number of nitrogens with zero attached hydrogens (tertiary/aromatic N) is 1. The maximum absolute atomic E-state index is 12.8. The molecule has 1 rings (SSSR count). The molecule has 0 radical (unpaired) electrons. The standard InChI is InChI=1S/C12H17FN2O2/c1-15(2)6-3-7-17-12(16)10-5-4-9(13)8-11(10)14/h4-5,8H,3,6-7,14H2,1-2H3. The van der Waals surface area contributed by atoms with E-state index in [1.54, 1.807) is 0 Å². The SMILES string of the molecule is CN(C)CCCOC(=O)c1ccc(F)cc1N. The minimum absolute atomic E-state index is 0.0996. The first-order valence-corrected chi connectivity index (χ1v) is 5.37. The third-order valence-corrected chi connectivity index (χ3v) is 2.22. The summed E-state index contributed by atoms with van der Waals surface area (Å²) >= 11 is 0. The lowest BCUT2D eigenvalue weighted by atomic mass is 10.2. The molecule has 94 valence electrons. The Hall–Kier alpha value is -1.62. The molecule has 2 N–H and O–H groups in total. The highest BCUT2D eigenvalue weighted by Gasteiger charge is 2.11. The van der Waals surface area contributed by atoms with Crippen LogP contribution >= 0.6 is 0 Å². The second-order valence-corrected chi connectivity index (χ2v) is 4.02. The summed E-state index contributed by atoms with van der Waals surface area (Å²) in [6.07, 6.45) is 0.750. The lowest BCUT2D eigenvalue weighted by molar-refractivity contribution is 0.0494. The van der Waals surface area contributed by atoms with E-state index in [0.717, 1.165) is 19.0 Å². The van der Waals surface area contributed by atoms with Gasteiger partial charge in [-0.25, -0.2) is 9.18 Å². The van der Waals surface area contributed by atoms with Gasteiger partial charge in [-0.2, -0.15) is 0 Å². The maximum Gasteiger partial charge on any atom is 0.340 e. The Kier molecular flexibility index (Phi) is 4.90. The lowest BCUT2D eigenvalue weighted by Gasteiger charge is -2.10. The van der Waals surface area contributed by atoms with Crippen LogP contribution in [0.5, 0.6) is 0 Å². The predicted octanol–water partition coefficient (Wildman–Crippen LogP) is 1.52. The van der Waals surface area contributed by atoms with E-state index in [-0.39, 0.29) is 11.3 Å². The zero-order chi connectivity index (χ0) is 12.8. The highest BCUT2D eigenvalue weighted by atomic mass is 19.1. The second-order valence-electron chi connectivity index (χ2n) is 4.02. The fraction of sp³-hybridized carbons (Fsp3) is 0.417. The van der Waals surface area contributed by atoms with Crippen molar-refractivity contribution in [3.63, 3.8) is 0 Å². The van der Waals surface area contributed by atoms with E-state index in [4.69, 9.17) is 10.5 Å². The Morgan fingerprint density at radius 2 is 2.18 bits per heavy atom. The fourth-order valence-electron chi connectivity index (χ4n) is 1.34. The van der Waals surface area contributed by atoms with Crippen LogP contribution in [-0.4, -0.2) is 38.1 Å². The van der Waals surface area contributed by atoms with Crippen LogP contribution in [0.2, 0.25) is 0 Å². The van der Waals surface area contributed by atoms with Crippen LogP contribution < -0.4 is 5.73 Å². The Morgan fingerprint density at radius 1 is 1.47 bits per heavy atom. The van der Waals surface area contributed by atoms with E-state index < -0.39 is 11.8 Å². The van der Waals surface area contributed by atoms with Crippen molar-refractivity contribution in [2.45, 2.75) is 6.42 Å². The molecule has 0 bridgehead atoms. The molecule has 0 saturated heterocycles. The molecule has 0 unspecified atom stereocenters. The van der Waals surface area contributed by atoms with E-state index in [2.05, 4.69) is 0 Å². The van der Waals surface area contributed by atoms with Crippen LogP contribution in [0.3, 0.4) is 0 Å². The highest BCUT2D eigenvalue weighted by Crippen LogP contribution is 2.14. The van der Waals surface area contributed by atoms with Crippen molar-refractivity contribution in [3.8, 4) is 0 Å². The van der Waals surface area contributed by atoms with Crippen molar-refractivity contribution in [3.05, 3.63) is 29.6 Å². The number of ether oxygens (including phenoxy) is 1. The third kappa shape index (κ3) is 4.40. The number of nitrogens with two attached hydrogens (primary N) is 1. The predicted molar refractivity (Wildman–Crippen MR) is 64.3 cm³/mol. The first-order valence-electron chi connectivity index (χ1n) is 5.37. The molecule has 0 heterocycles. The molecule has 0 atom stereocenters. The minimum atomic E-state index is -0.513. The molecule has 0 aliphatic heterocycles. The summed E-state index contributed by atoms with van der Waals surface area (Å²) < 4.78 is 17.8. The number of halogens is 1. The van der Waals surface area contributed by atoms with Gasteiger partial charge in [0.05, 0.1) is 12.2 Å². The zero-order valence-corrected chi connectivity index (χ0v) is 10.1. The smallest absolute Gasteiger partial charge is 0.340 e. The molecule has 0 amide bonds. The van der Waals surface area contributed by atoms with Gasteiger partial charge in [-0.05, 0) is 38.7 Å². The van der Waals surface area contributed by atoms with Gasteiger partial charge in [0.15, 0.2) is 0 Å². The van der Waals surface area contributed by atoms with Crippen molar-refractivity contribution in [1.29, 1.82) is 0 Å². The van der Waals surface area contributed by atoms with Crippen molar-refractivity contribution in [2.75, 3.05) is 33.0 Å². The fourth-order valence-corrected chi connectivity index (χ4v) is 1.34. The number of hydrogen-bond acceptors (Lipinski definition) is 4. The van der Waals surface area contributed by atoms with Crippen molar-refractivity contribution < 1.29 is 13.9 Å². The molecular formula is C12H17FN2O2. The largest absolute Gasteiger partial charge is 0.462 e. The van der Waals surface area contributed by atoms with Crippen LogP contribution in [0, 0.1) is 5.82 Å². The molecule has 0 spiro atoms. The van der Waals surface area contributed by atoms with Crippen molar-refractivity contribution >= 4 is 11.7 Å². The number of rotatable bonds is 5. The molecular weight excluding hydrogens is 223 g/mol. The van der Waals surface area contributed by atoms with Crippen LogP contribution in [0.1, 0.15) is 16.8 Å². The maximum atomic E-state index is 12.8. The first-order chi connectivity index (χ1) is 8.00. The van der Waals surface area contributed by atoms with Gasteiger partial charge in [0.25, 0.3) is 0 Å². The Labute approximate surface area is 100 Å². The van der Waals surface area contributed by atoms with E-state index >= 15 is 0 Å². The molecule has 0 aliphatic carbocycles. The molecule has 0 fully saturated rings. The minimum Gasteiger partial charge on any atom is -0.462 e. The molecule has 0 aromatic heterocycles. The van der Waals surface area contributed by atoms with Gasteiger partial charge in [0.1, 0.15) is 5.82 Å². The summed E-state index contributed by atoms with van der Waals surface area (Å²) in [4.78, 5) is 13.6. The highest BCUT2D eigenvalue weighted by molar-refractivity contribution is 5.94. The number of carbonyl (C=O) groups excluding carboxylic acids is 1. The third-order valence-electron chi connectivity index (χ3n) is 2.22. The molecule has 0 saturated carbocycles. The van der Waals surface area contributed by atoms with Gasteiger partial charge in [-0.1, -0.05) is 0 Å². The zero-order valence-electron chi connectivity index (χ0n) is 10.1. The lowest BCUT2D eigenvalue weighted by Crippen LogP contribution is -2.16. The van der Waals surface area contributed by atoms with Crippen LogP contribution in [0.4, 0.5) is 10.1 Å². The van der Waals surface area contributed by atoms with Gasteiger partial charge in [-0.15, -0.1) is 0 Å². The second kappa shape index (κ2) is 6.20. The number of anilines is 1. The summed E-state index contributed by atoms with van der Waals surface area (Å²) in [5.74, 6) is -0.979. The number of esters is 1. The summed E-state index contributed by atoms with van der Waals surface area (Å²) in [5, 5.41) is 0. The molecule has 4 nitrogen and oxygen atoms in total. The summed E-state index contributed by atoms with van der Waals surface area (Å²) in [6, 6.07) is 3.63. The Morgan fingerprint density at radius 3 is 2.76 bits per heavy atom. The van der Waals surface area contributed by atoms with E-state index in [9.17, 15) is 9.18 Å². The van der Waals surface area contributed by atoms with Gasteiger partial charge >= 0.3 is 5.97 Å². The molecule has 17 heavy (non-hydrogen) atoms. The van der Waals surface area contributed by atoms with Gasteiger partial charge in [0.2, 0.25) is 0 Å². The summed E-state index contributed by atoms with van der Waals surface area (Å²) in [5.41, 5.74) is 5.83. The average Bonchev–Trinajstić information content (AvgIpc) is 2.23. The van der Waals surface area contributed by atoms with E-state index in [1.807, 2.05) is 19.0 Å². The number of hydrogen-bond donors (Lipinski definition) is 1.